The standard InChI is InChI=1S/C27H30N8O3S/c1-4-14-35-25(18-28-22-9-6-5-7-10-22)31-33-27(35)39-20(2)26(36)32-29-17-21-11-12-23(37-3)24(16-21)38-19-34-15-8-13-30-34/h4-13,15-17,20,28H,1,14,18-19H2,2-3H3,(H,32,36)/b29-17+. The number of para-hydroxylation sites is 1. The third-order valence-corrected chi connectivity index (χ3v) is 6.55. The first-order valence-corrected chi connectivity index (χ1v) is 13.0. The average Bonchev–Trinajstić information content (AvgIpc) is 3.62. The smallest absolute Gasteiger partial charge is 0.253 e. The van der Waals surface area contributed by atoms with E-state index in [1.54, 1.807) is 55.5 Å². The number of carbonyl (C=O) groups excluding carboxylic acids is 1. The first kappa shape index (κ1) is 27.5. The molecule has 1 atom stereocenters. The van der Waals surface area contributed by atoms with Gasteiger partial charge in [0, 0.05) is 24.6 Å². The molecule has 0 aliphatic heterocycles. The summed E-state index contributed by atoms with van der Waals surface area (Å²) in [6, 6.07) is 17.0. The van der Waals surface area contributed by atoms with Crippen LogP contribution in [0, 0.1) is 0 Å². The number of aromatic nitrogens is 5. The summed E-state index contributed by atoms with van der Waals surface area (Å²) in [5, 5.41) is 20.3. The minimum atomic E-state index is -0.464. The Morgan fingerprint density at radius 1 is 1.18 bits per heavy atom. The number of anilines is 1. The van der Waals surface area contributed by atoms with E-state index < -0.39 is 5.25 Å². The lowest BCUT2D eigenvalue weighted by molar-refractivity contribution is -0.120. The van der Waals surface area contributed by atoms with Gasteiger partial charge in [-0.1, -0.05) is 36.0 Å². The number of nitrogens with zero attached hydrogens (tertiary/aromatic N) is 6. The minimum Gasteiger partial charge on any atom is -0.493 e. The molecule has 2 aromatic carbocycles. The molecule has 0 saturated carbocycles. The monoisotopic (exact) mass is 546 g/mol. The van der Waals surface area contributed by atoms with Crippen LogP contribution < -0.4 is 20.2 Å². The van der Waals surface area contributed by atoms with E-state index in [9.17, 15) is 4.79 Å². The first-order chi connectivity index (χ1) is 19.1. The van der Waals surface area contributed by atoms with Gasteiger partial charge in [-0.15, -0.1) is 16.8 Å². The van der Waals surface area contributed by atoms with Crippen LogP contribution in [0.3, 0.4) is 0 Å². The third kappa shape index (κ3) is 7.71. The van der Waals surface area contributed by atoms with Crippen LogP contribution in [0.25, 0.3) is 0 Å². The maximum Gasteiger partial charge on any atom is 0.253 e. The van der Waals surface area contributed by atoms with Crippen molar-refractivity contribution in [2.45, 2.75) is 37.2 Å². The van der Waals surface area contributed by atoms with Crippen LogP contribution in [-0.2, 0) is 24.6 Å². The summed E-state index contributed by atoms with van der Waals surface area (Å²) in [7, 11) is 1.57. The molecule has 4 rings (SSSR count). The number of hydrogen-bond acceptors (Lipinski definition) is 9. The van der Waals surface area contributed by atoms with Gasteiger partial charge >= 0.3 is 0 Å². The average molecular weight is 547 g/mol. The van der Waals surface area contributed by atoms with Gasteiger partial charge in [0.2, 0.25) is 0 Å². The number of methoxy groups -OCH3 is 1. The van der Waals surface area contributed by atoms with Crippen molar-refractivity contribution in [2.24, 2.45) is 5.10 Å². The molecule has 4 aromatic rings. The highest BCUT2D eigenvalue weighted by atomic mass is 32.2. The second-order valence-electron chi connectivity index (χ2n) is 8.24. The molecule has 12 heteroatoms. The fourth-order valence-electron chi connectivity index (χ4n) is 3.46. The molecule has 2 heterocycles. The fourth-order valence-corrected chi connectivity index (χ4v) is 4.33. The number of allylic oxidation sites excluding steroid dienone is 1. The van der Waals surface area contributed by atoms with Crippen LogP contribution in [-0.4, -0.2) is 49.0 Å². The van der Waals surface area contributed by atoms with Crippen LogP contribution in [0.5, 0.6) is 11.5 Å². The maximum absolute atomic E-state index is 12.7. The highest BCUT2D eigenvalue weighted by Gasteiger charge is 2.19. The maximum atomic E-state index is 12.7. The van der Waals surface area contributed by atoms with Crippen LogP contribution in [0.2, 0.25) is 0 Å². The van der Waals surface area contributed by atoms with Gasteiger partial charge in [-0.25, -0.2) is 10.1 Å². The topological polar surface area (TPSA) is 120 Å². The molecule has 2 aromatic heterocycles. The molecule has 0 radical (unpaired) electrons. The fraction of sp³-hybridized carbons (Fsp3) is 0.222. The van der Waals surface area contributed by atoms with Gasteiger partial charge in [-0.05, 0) is 48.9 Å². The Balaban J connectivity index is 1.34. The zero-order chi connectivity index (χ0) is 27.5. The molecular formula is C27H30N8O3S. The first-order valence-electron chi connectivity index (χ1n) is 12.2. The minimum absolute atomic E-state index is 0.232. The Bertz CT molecular complexity index is 1390. The molecule has 0 aliphatic carbocycles. The van der Waals surface area contributed by atoms with Crippen molar-refractivity contribution in [3.05, 3.63) is 91.0 Å². The van der Waals surface area contributed by atoms with Crippen molar-refractivity contribution in [3.63, 3.8) is 0 Å². The summed E-state index contributed by atoms with van der Waals surface area (Å²) in [6.07, 6.45) is 6.80. The van der Waals surface area contributed by atoms with Gasteiger partial charge in [0.25, 0.3) is 5.91 Å². The number of amides is 1. The Morgan fingerprint density at radius 3 is 2.77 bits per heavy atom. The van der Waals surface area contributed by atoms with Crippen molar-refractivity contribution in [2.75, 3.05) is 12.4 Å². The van der Waals surface area contributed by atoms with Gasteiger partial charge in [0.05, 0.1) is 25.1 Å². The van der Waals surface area contributed by atoms with Gasteiger partial charge < -0.3 is 19.4 Å². The summed E-state index contributed by atoms with van der Waals surface area (Å²) in [4.78, 5) is 12.7. The van der Waals surface area contributed by atoms with E-state index in [2.05, 4.69) is 37.7 Å². The van der Waals surface area contributed by atoms with Crippen molar-refractivity contribution in [1.82, 2.24) is 30.0 Å². The van der Waals surface area contributed by atoms with E-state index in [1.165, 1.54) is 11.8 Å². The van der Waals surface area contributed by atoms with Crippen LogP contribution in [0.15, 0.2) is 89.9 Å². The van der Waals surface area contributed by atoms with Crippen molar-refractivity contribution in [3.8, 4) is 11.5 Å². The number of hydrazone groups is 1. The molecule has 39 heavy (non-hydrogen) atoms. The summed E-state index contributed by atoms with van der Waals surface area (Å²) < 4.78 is 14.8. The SMILES string of the molecule is C=CCn1c(CNc2ccccc2)nnc1SC(C)C(=O)N/N=C/c1ccc(OC)c(OCn2cccn2)c1. The number of rotatable bonds is 14. The van der Waals surface area contributed by atoms with Gasteiger partial charge in [-0.2, -0.15) is 10.2 Å². The quantitative estimate of drug-likeness (QED) is 0.106. The Hall–Kier alpha value is -4.58. The van der Waals surface area contributed by atoms with E-state index in [4.69, 9.17) is 9.47 Å². The number of benzene rings is 2. The molecule has 0 fully saturated rings. The van der Waals surface area contributed by atoms with Crippen LogP contribution in [0.1, 0.15) is 18.3 Å². The van der Waals surface area contributed by atoms with E-state index in [0.717, 1.165) is 17.1 Å². The number of nitrogens with one attached hydrogen (secondary N) is 2. The molecule has 202 valence electrons. The van der Waals surface area contributed by atoms with E-state index in [0.29, 0.717) is 29.7 Å². The number of ether oxygens (including phenoxy) is 2. The molecule has 0 saturated heterocycles. The highest BCUT2D eigenvalue weighted by Crippen LogP contribution is 2.28. The summed E-state index contributed by atoms with van der Waals surface area (Å²) >= 11 is 1.30. The highest BCUT2D eigenvalue weighted by molar-refractivity contribution is 8.00. The van der Waals surface area contributed by atoms with Crippen molar-refractivity contribution >= 4 is 29.6 Å². The Kier molecular flexibility index (Phi) is 9.73. The van der Waals surface area contributed by atoms with Crippen LogP contribution >= 0.6 is 11.8 Å². The van der Waals surface area contributed by atoms with Gasteiger partial charge in [0.1, 0.15) is 0 Å². The molecule has 0 bridgehead atoms. The lowest BCUT2D eigenvalue weighted by Crippen LogP contribution is -2.27. The van der Waals surface area contributed by atoms with Crippen molar-refractivity contribution in [1.29, 1.82) is 0 Å². The Labute approximate surface area is 230 Å². The second kappa shape index (κ2) is 13.8. The van der Waals surface area contributed by atoms with E-state index in [-0.39, 0.29) is 12.6 Å². The Morgan fingerprint density at radius 2 is 2.03 bits per heavy atom. The second-order valence-corrected chi connectivity index (χ2v) is 9.55. The van der Waals surface area contributed by atoms with Crippen LogP contribution in [0.4, 0.5) is 5.69 Å². The molecule has 11 nitrogen and oxygen atoms in total. The predicted molar refractivity (Wildman–Crippen MR) is 151 cm³/mol. The molecular weight excluding hydrogens is 516 g/mol. The number of carbonyl (C=O) groups is 1. The van der Waals surface area contributed by atoms with Gasteiger partial charge in [0.15, 0.2) is 29.2 Å². The summed E-state index contributed by atoms with van der Waals surface area (Å²) in [6.45, 7) is 6.87. The summed E-state index contributed by atoms with van der Waals surface area (Å²) in [5.74, 6) is 1.59. The largest absolute Gasteiger partial charge is 0.493 e. The van der Waals surface area contributed by atoms with Gasteiger partial charge in [-0.3, -0.25) is 4.79 Å². The normalized spacial score (nSPS) is 11.7. The molecule has 0 spiro atoms. The predicted octanol–water partition coefficient (Wildman–Crippen LogP) is 3.95. The third-order valence-electron chi connectivity index (χ3n) is 5.47. The lowest BCUT2D eigenvalue weighted by Gasteiger charge is -2.12. The van der Waals surface area contributed by atoms with Crippen molar-refractivity contribution < 1.29 is 14.3 Å². The molecule has 1 amide bonds. The zero-order valence-electron chi connectivity index (χ0n) is 21.7. The lowest BCUT2D eigenvalue weighted by atomic mass is 10.2. The summed E-state index contributed by atoms with van der Waals surface area (Å²) in [5.41, 5.74) is 4.31. The molecule has 0 aliphatic rings. The number of thioether (sulfide) groups is 1. The zero-order valence-corrected chi connectivity index (χ0v) is 22.5. The number of hydrogen-bond donors (Lipinski definition) is 2. The molecule has 2 N–H and O–H groups in total. The molecule has 1 unspecified atom stereocenters. The van der Waals surface area contributed by atoms with E-state index in [1.807, 2.05) is 47.0 Å². The van der Waals surface area contributed by atoms with E-state index >= 15 is 0 Å².